The highest BCUT2D eigenvalue weighted by molar-refractivity contribution is 7.92. The normalized spacial score (nSPS) is 10.9. The van der Waals surface area contributed by atoms with Gasteiger partial charge in [0.15, 0.2) is 0 Å². The van der Waals surface area contributed by atoms with Gasteiger partial charge in [-0.05, 0) is 49.4 Å². The van der Waals surface area contributed by atoms with E-state index in [1.165, 1.54) is 42.6 Å². The van der Waals surface area contributed by atoms with Crippen LogP contribution in [0.3, 0.4) is 0 Å². The zero-order valence-corrected chi connectivity index (χ0v) is 16.2. The van der Waals surface area contributed by atoms with Crippen molar-refractivity contribution in [1.82, 2.24) is 4.98 Å². The van der Waals surface area contributed by atoms with Crippen LogP contribution in [0.25, 0.3) is 0 Å². The number of primary amides is 1. The highest BCUT2D eigenvalue weighted by Crippen LogP contribution is 2.18. The van der Waals surface area contributed by atoms with Crippen molar-refractivity contribution in [3.63, 3.8) is 0 Å². The molecule has 3 aromatic rings. The molecule has 148 valence electrons. The summed E-state index contributed by atoms with van der Waals surface area (Å²) in [7, 11) is -3.87. The number of nitrogens with one attached hydrogen (secondary N) is 2. The summed E-state index contributed by atoms with van der Waals surface area (Å²) in [5, 5.41) is 2.59. The molecule has 0 aliphatic carbocycles. The van der Waals surface area contributed by atoms with Gasteiger partial charge in [0.05, 0.1) is 4.90 Å². The maximum absolute atomic E-state index is 12.6. The fraction of sp³-hybridized carbons (Fsp3) is 0.0500. The van der Waals surface area contributed by atoms with Gasteiger partial charge in [-0.15, -0.1) is 0 Å². The Bertz CT molecular complexity index is 1180. The first-order chi connectivity index (χ1) is 13.7. The Morgan fingerprint density at radius 2 is 1.69 bits per heavy atom. The van der Waals surface area contributed by atoms with Gasteiger partial charge in [-0.3, -0.25) is 19.3 Å². The fourth-order valence-electron chi connectivity index (χ4n) is 2.49. The molecular formula is C20H18N4O4S. The van der Waals surface area contributed by atoms with Crippen molar-refractivity contribution >= 4 is 33.2 Å². The fourth-order valence-corrected chi connectivity index (χ4v) is 3.59. The van der Waals surface area contributed by atoms with Gasteiger partial charge in [0.25, 0.3) is 21.8 Å². The molecular weight excluding hydrogens is 392 g/mol. The van der Waals surface area contributed by atoms with Crippen LogP contribution < -0.4 is 15.8 Å². The molecule has 4 N–H and O–H groups in total. The monoisotopic (exact) mass is 410 g/mol. The van der Waals surface area contributed by atoms with Gasteiger partial charge in [0.2, 0.25) is 0 Å². The van der Waals surface area contributed by atoms with E-state index in [0.29, 0.717) is 11.4 Å². The Kier molecular flexibility index (Phi) is 5.60. The van der Waals surface area contributed by atoms with Gasteiger partial charge in [-0.1, -0.05) is 23.8 Å². The summed E-state index contributed by atoms with van der Waals surface area (Å²) in [6, 6.07) is 15.3. The third kappa shape index (κ3) is 4.96. The van der Waals surface area contributed by atoms with Gasteiger partial charge in [-0.2, -0.15) is 0 Å². The summed E-state index contributed by atoms with van der Waals surface area (Å²) in [5.41, 5.74) is 7.04. The zero-order valence-electron chi connectivity index (χ0n) is 15.4. The van der Waals surface area contributed by atoms with Crippen LogP contribution in [0.1, 0.15) is 26.4 Å². The summed E-state index contributed by atoms with van der Waals surface area (Å²) < 4.78 is 27.8. The first kappa shape index (κ1) is 20.0. The summed E-state index contributed by atoms with van der Waals surface area (Å²) >= 11 is 0. The van der Waals surface area contributed by atoms with Crippen molar-refractivity contribution in [2.24, 2.45) is 5.73 Å². The standard InChI is InChI=1S/C20H18N4O4S/c1-13-5-7-15(8-6-13)24-29(27,28)17-4-2-3-14(11-17)20(26)23-16-9-10-22-18(12-16)19(21)25/h2-12,24H,1H3,(H2,21,25)(H,22,23,26). The first-order valence-electron chi connectivity index (χ1n) is 8.51. The Hall–Kier alpha value is -3.72. The lowest BCUT2D eigenvalue weighted by Gasteiger charge is -2.10. The van der Waals surface area contributed by atoms with E-state index >= 15 is 0 Å². The van der Waals surface area contributed by atoms with E-state index < -0.39 is 21.8 Å². The molecule has 0 aliphatic rings. The van der Waals surface area contributed by atoms with Crippen LogP contribution in [0.15, 0.2) is 71.8 Å². The van der Waals surface area contributed by atoms with Crippen LogP contribution in [-0.4, -0.2) is 25.2 Å². The predicted octanol–water partition coefficient (Wildman–Crippen LogP) is 2.54. The Morgan fingerprint density at radius 1 is 0.966 bits per heavy atom. The number of carbonyl (C=O) groups excluding carboxylic acids is 2. The van der Waals surface area contributed by atoms with Crippen molar-refractivity contribution in [2.75, 3.05) is 10.0 Å². The van der Waals surface area contributed by atoms with Gasteiger partial charge in [0.1, 0.15) is 5.69 Å². The van der Waals surface area contributed by atoms with Crippen LogP contribution in [-0.2, 0) is 10.0 Å². The SMILES string of the molecule is Cc1ccc(NS(=O)(=O)c2cccc(C(=O)Nc3ccnc(C(N)=O)c3)c2)cc1. The molecule has 1 aromatic heterocycles. The maximum Gasteiger partial charge on any atom is 0.267 e. The molecule has 3 rings (SSSR count). The van der Waals surface area contributed by atoms with E-state index in [0.717, 1.165) is 5.56 Å². The number of benzene rings is 2. The van der Waals surface area contributed by atoms with Crippen LogP contribution >= 0.6 is 0 Å². The number of nitrogens with zero attached hydrogens (tertiary/aromatic N) is 1. The second kappa shape index (κ2) is 8.11. The Morgan fingerprint density at radius 3 is 2.38 bits per heavy atom. The third-order valence-electron chi connectivity index (χ3n) is 3.98. The highest BCUT2D eigenvalue weighted by atomic mass is 32.2. The molecule has 9 heteroatoms. The lowest BCUT2D eigenvalue weighted by atomic mass is 10.2. The maximum atomic E-state index is 12.6. The number of amides is 2. The first-order valence-corrected chi connectivity index (χ1v) is 10.00. The van der Waals surface area contributed by atoms with Crippen LogP contribution in [0, 0.1) is 6.92 Å². The molecule has 0 bridgehead atoms. The number of nitrogens with two attached hydrogens (primary N) is 1. The molecule has 0 atom stereocenters. The second-order valence-corrected chi connectivity index (χ2v) is 7.93. The molecule has 2 aromatic carbocycles. The summed E-state index contributed by atoms with van der Waals surface area (Å²) in [5.74, 6) is -1.27. The van der Waals surface area contributed by atoms with Gasteiger partial charge >= 0.3 is 0 Å². The van der Waals surface area contributed by atoms with E-state index in [1.807, 2.05) is 6.92 Å². The number of aromatic nitrogens is 1. The molecule has 0 unspecified atom stereocenters. The van der Waals surface area contributed by atoms with Crippen LogP contribution in [0.4, 0.5) is 11.4 Å². The predicted molar refractivity (Wildman–Crippen MR) is 109 cm³/mol. The number of sulfonamides is 1. The minimum absolute atomic E-state index is 0.00132. The molecule has 2 amide bonds. The molecule has 29 heavy (non-hydrogen) atoms. The molecule has 1 heterocycles. The van der Waals surface area contributed by atoms with Crippen LogP contribution in [0.5, 0.6) is 0 Å². The zero-order chi connectivity index (χ0) is 21.0. The lowest BCUT2D eigenvalue weighted by molar-refractivity contribution is 0.0992. The molecule has 0 radical (unpaired) electrons. The van der Waals surface area contributed by atoms with Crippen molar-refractivity contribution < 1.29 is 18.0 Å². The summed E-state index contributed by atoms with van der Waals surface area (Å²) in [4.78, 5) is 27.5. The average molecular weight is 410 g/mol. The Balaban J connectivity index is 1.81. The number of rotatable bonds is 6. The topological polar surface area (TPSA) is 131 Å². The van der Waals surface area contributed by atoms with Gasteiger partial charge in [0, 0.05) is 23.1 Å². The van der Waals surface area contributed by atoms with E-state index in [1.54, 1.807) is 24.3 Å². The van der Waals surface area contributed by atoms with E-state index in [4.69, 9.17) is 5.73 Å². The molecule has 0 saturated heterocycles. The van der Waals surface area contributed by atoms with Crippen molar-refractivity contribution in [3.8, 4) is 0 Å². The molecule has 0 spiro atoms. The third-order valence-corrected chi connectivity index (χ3v) is 5.36. The second-order valence-electron chi connectivity index (χ2n) is 6.25. The largest absolute Gasteiger partial charge is 0.364 e. The highest BCUT2D eigenvalue weighted by Gasteiger charge is 2.17. The lowest BCUT2D eigenvalue weighted by Crippen LogP contribution is -2.17. The quantitative estimate of drug-likeness (QED) is 0.575. The van der Waals surface area contributed by atoms with Gasteiger partial charge < -0.3 is 11.1 Å². The van der Waals surface area contributed by atoms with E-state index in [-0.39, 0.29) is 16.2 Å². The number of pyridine rings is 1. The Labute approximate surface area is 167 Å². The number of carbonyl (C=O) groups is 2. The molecule has 0 fully saturated rings. The van der Waals surface area contributed by atoms with Crippen molar-refractivity contribution in [2.45, 2.75) is 11.8 Å². The number of hydrogen-bond acceptors (Lipinski definition) is 5. The number of aryl methyl sites for hydroxylation is 1. The summed E-state index contributed by atoms with van der Waals surface area (Å²) in [6.45, 7) is 1.90. The van der Waals surface area contributed by atoms with Gasteiger partial charge in [-0.25, -0.2) is 8.42 Å². The smallest absolute Gasteiger partial charge is 0.267 e. The minimum atomic E-state index is -3.87. The molecule has 0 aliphatic heterocycles. The van der Waals surface area contributed by atoms with E-state index in [9.17, 15) is 18.0 Å². The minimum Gasteiger partial charge on any atom is -0.364 e. The average Bonchev–Trinajstić information content (AvgIpc) is 2.70. The molecule has 8 nitrogen and oxygen atoms in total. The van der Waals surface area contributed by atoms with Crippen LogP contribution in [0.2, 0.25) is 0 Å². The van der Waals surface area contributed by atoms with E-state index in [2.05, 4.69) is 15.0 Å². The summed E-state index contributed by atoms with van der Waals surface area (Å²) in [6.07, 6.45) is 1.34. The van der Waals surface area contributed by atoms with Crippen molar-refractivity contribution in [1.29, 1.82) is 0 Å². The number of anilines is 2. The molecule has 0 saturated carbocycles. The van der Waals surface area contributed by atoms with Crippen molar-refractivity contribution in [3.05, 3.63) is 83.7 Å². The number of hydrogen-bond donors (Lipinski definition) is 3.